The van der Waals surface area contributed by atoms with E-state index >= 15 is 0 Å². The van der Waals surface area contributed by atoms with Gasteiger partial charge in [0.15, 0.2) is 11.5 Å². The molecule has 0 atom stereocenters. The lowest BCUT2D eigenvalue weighted by molar-refractivity contribution is -0.127. The molecule has 0 fully saturated rings. The number of fused-ring (bicyclic) bond motifs is 2. The summed E-state index contributed by atoms with van der Waals surface area (Å²) >= 11 is 0. The van der Waals surface area contributed by atoms with E-state index in [0.717, 1.165) is 34.5 Å². The van der Waals surface area contributed by atoms with Gasteiger partial charge in [-0.25, -0.2) is 4.79 Å². The Balaban J connectivity index is 1.79. The number of hydrogen-bond acceptors (Lipinski definition) is 6. The SMILES string of the molecule is CCCCNC(=O)N1N=C(c2ccc(N)cc2)c2cc3c(cc2CC1=O)OCO3. The maximum Gasteiger partial charge on any atom is 0.345 e. The number of nitrogen functional groups attached to an aromatic ring is 1. The second kappa shape index (κ2) is 7.83. The van der Waals surface area contributed by atoms with Crippen LogP contribution >= 0.6 is 0 Å². The monoisotopic (exact) mass is 394 g/mol. The number of anilines is 1. The summed E-state index contributed by atoms with van der Waals surface area (Å²) in [5.74, 6) is 0.749. The lowest BCUT2D eigenvalue weighted by Crippen LogP contribution is -2.41. The number of nitrogens with zero attached hydrogens (tertiary/aromatic N) is 2. The maximum atomic E-state index is 12.8. The molecule has 0 radical (unpaired) electrons. The van der Waals surface area contributed by atoms with Gasteiger partial charge in [-0.15, -0.1) is 5.01 Å². The third-order valence-electron chi connectivity index (χ3n) is 4.81. The number of rotatable bonds is 4. The van der Waals surface area contributed by atoms with Crippen molar-refractivity contribution < 1.29 is 19.1 Å². The maximum absolute atomic E-state index is 12.8. The Hall–Kier alpha value is -3.55. The van der Waals surface area contributed by atoms with Crippen molar-refractivity contribution in [1.82, 2.24) is 10.3 Å². The highest BCUT2D eigenvalue weighted by Gasteiger charge is 2.30. The van der Waals surface area contributed by atoms with E-state index in [1.165, 1.54) is 0 Å². The van der Waals surface area contributed by atoms with E-state index < -0.39 is 11.9 Å². The first-order valence-corrected chi connectivity index (χ1v) is 9.55. The first-order valence-electron chi connectivity index (χ1n) is 9.55. The van der Waals surface area contributed by atoms with Gasteiger partial charge in [0.05, 0.1) is 12.1 Å². The molecule has 0 bridgehead atoms. The average Bonchev–Trinajstić information content (AvgIpc) is 3.11. The normalized spacial score (nSPS) is 14.9. The van der Waals surface area contributed by atoms with Crippen LogP contribution in [0.3, 0.4) is 0 Å². The van der Waals surface area contributed by atoms with Crippen LogP contribution in [-0.4, -0.2) is 36.0 Å². The van der Waals surface area contributed by atoms with E-state index in [-0.39, 0.29) is 13.2 Å². The summed E-state index contributed by atoms with van der Waals surface area (Å²) in [4.78, 5) is 25.5. The number of urea groups is 1. The lowest BCUT2D eigenvalue weighted by atomic mass is 9.95. The number of imide groups is 1. The van der Waals surface area contributed by atoms with Crippen molar-refractivity contribution in [2.24, 2.45) is 5.10 Å². The van der Waals surface area contributed by atoms with Crippen LogP contribution in [0.2, 0.25) is 0 Å². The lowest BCUT2D eigenvalue weighted by Gasteiger charge is -2.15. The molecule has 0 spiro atoms. The second-order valence-corrected chi connectivity index (χ2v) is 6.90. The molecule has 29 heavy (non-hydrogen) atoms. The molecule has 0 saturated carbocycles. The molecule has 3 amide bonds. The van der Waals surface area contributed by atoms with E-state index in [1.54, 1.807) is 24.3 Å². The topological polar surface area (TPSA) is 106 Å². The Labute approximate surface area is 168 Å². The molecule has 2 aliphatic heterocycles. The van der Waals surface area contributed by atoms with Crippen LogP contribution in [0.25, 0.3) is 0 Å². The molecular formula is C21H22N4O4. The molecule has 2 aromatic rings. The van der Waals surface area contributed by atoms with Crippen molar-refractivity contribution in [2.45, 2.75) is 26.2 Å². The molecule has 0 aliphatic carbocycles. The summed E-state index contributed by atoms with van der Waals surface area (Å²) in [6.45, 7) is 2.64. The minimum atomic E-state index is -0.538. The van der Waals surface area contributed by atoms with Crippen LogP contribution < -0.4 is 20.5 Å². The molecule has 2 aliphatic rings. The Bertz CT molecular complexity index is 985. The van der Waals surface area contributed by atoms with Crippen molar-refractivity contribution in [1.29, 1.82) is 0 Å². The van der Waals surface area contributed by atoms with Crippen molar-refractivity contribution in [2.75, 3.05) is 19.1 Å². The van der Waals surface area contributed by atoms with Crippen LogP contribution in [0.5, 0.6) is 11.5 Å². The smallest absolute Gasteiger partial charge is 0.345 e. The summed E-state index contributed by atoms with van der Waals surface area (Å²) in [6.07, 6.45) is 1.78. The van der Waals surface area contributed by atoms with Crippen LogP contribution in [0.4, 0.5) is 10.5 Å². The Morgan fingerprint density at radius 1 is 1.21 bits per heavy atom. The minimum Gasteiger partial charge on any atom is -0.454 e. The first kappa shape index (κ1) is 18.8. The Kier molecular flexibility index (Phi) is 5.07. The van der Waals surface area contributed by atoms with Crippen LogP contribution in [-0.2, 0) is 11.2 Å². The third-order valence-corrected chi connectivity index (χ3v) is 4.81. The number of amides is 3. The quantitative estimate of drug-likeness (QED) is 0.612. The number of unbranched alkanes of at least 4 members (excludes halogenated alkanes) is 1. The van der Waals surface area contributed by atoms with Crippen molar-refractivity contribution in [3.63, 3.8) is 0 Å². The molecular weight excluding hydrogens is 372 g/mol. The summed E-state index contributed by atoms with van der Waals surface area (Å²) < 4.78 is 11.0. The van der Waals surface area contributed by atoms with E-state index in [1.807, 2.05) is 19.1 Å². The highest BCUT2D eigenvalue weighted by Crippen LogP contribution is 2.37. The third kappa shape index (κ3) is 3.73. The number of carbonyl (C=O) groups is 2. The van der Waals surface area contributed by atoms with E-state index in [0.29, 0.717) is 29.4 Å². The standard InChI is InChI=1S/C21H22N4O4/c1-2-3-8-23-21(27)25-19(26)10-14-9-17-18(29-12-28-17)11-16(14)20(24-25)13-4-6-15(22)7-5-13/h4-7,9,11H,2-3,8,10,12,22H2,1H3,(H,23,27). The zero-order chi connectivity index (χ0) is 20.4. The predicted molar refractivity (Wildman–Crippen MR) is 108 cm³/mol. The number of nitrogens with two attached hydrogens (primary N) is 1. The first-order chi connectivity index (χ1) is 14.1. The number of benzene rings is 2. The van der Waals surface area contributed by atoms with Gasteiger partial charge in [-0.1, -0.05) is 25.5 Å². The second-order valence-electron chi connectivity index (χ2n) is 6.90. The molecule has 0 unspecified atom stereocenters. The fourth-order valence-corrected chi connectivity index (χ4v) is 3.26. The molecule has 0 aromatic heterocycles. The molecule has 2 heterocycles. The molecule has 8 nitrogen and oxygen atoms in total. The van der Waals surface area contributed by atoms with Gasteiger partial charge in [0, 0.05) is 23.4 Å². The van der Waals surface area contributed by atoms with Crippen LogP contribution in [0.15, 0.2) is 41.5 Å². The number of hydrazone groups is 1. The van der Waals surface area contributed by atoms with Gasteiger partial charge >= 0.3 is 6.03 Å². The minimum absolute atomic E-state index is 0.0230. The van der Waals surface area contributed by atoms with E-state index in [9.17, 15) is 9.59 Å². The number of hydrogen-bond donors (Lipinski definition) is 2. The van der Waals surface area contributed by atoms with Crippen molar-refractivity contribution >= 4 is 23.3 Å². The molecule has 4 rings (SSSR count). The van der Waals surface area contributed by atoms with E-state index in [2.05, 4.69) is 10.4 Å². The summed E-state index contributed by atoms with van der Waals surface area (Å²) in [5, 5.41) is 8.12. The average molecular weight is 394 g/mol. The molecule has 0 saturated heterocycles. The van der Waals surface area contributed by atoms with Crippen molar-refractivity contribution in [3.05, 3.63) is 53.1 Å². The van der Waals surface area contributed by atoms with Crippen molar-refractivity contribution in [3.8, 4) is 11.5 Å². The van der Waals surface area contributed by atoms with Gasteiger partial charge in [0.2, 0.25) is 6.79 Å². The zero-order valence-corrected chi connectivity index (χ0v) is 16.1. The largest absolute Gasteiger partial charge is 0.454 e. The molecule has 8 heteroatoms. The Morgan fingerprint density at radius 3 is 2.66 bits per heavy atom. The fraction of sp³-hybridized carbons (Fsp3) is 0.286. The van der Waals surface area contributed by atoms with Gasteiger partial charge in [-0.3, -0.25) is 4.79 Å². The highest BCUT2D eigenvalue weighted by atomic mass is 16.7. The van der Waals surface area contributed by atoms with Gasteiger partial charge in [0.25, 0.3) is 5.91 Å². The van der Waals surface area contributed by atoms with E-state index in [4.69, 9.17) is 15.2 Å². The van der Waals surface area contributed by atoms with Gasteiger partial charge in [0.1, 0.15) is 0 Å². The molecule has 2 aromatic carbocycles. The van der Waals surface area contributed by atoms with Crippen LogP contribution in [0.1, 0.15) is 36.5 Å². The molecule has 150 valence electrons. The Morgan fingerprint density at radius 2 is 1.93 bits per heavy atom. The molecule has 3 N–H and O–H groups in total. The van der Waals surface area contributed by atoms with Gasteiger partial charge in [-0.2, -0.15) is 5.10 Å². The summed E-state index contributed by atoms with van der Waals surface area (Å²) in [6, 6.07) is 10.2. The fourth-order valence-electron chi connectivity index (χ4n) is 3.26. The number of carbonyl (C=O) groups excluding carboxylic acids is 2. The van der Waals surface area contributed by atoms with Gasteiger partial charge in [-0.05, 0) is 36.2 Å². The predicted octanol–water partition coefficient (Wildman–Crippen LogP) is 2.64. The van der Waals surface area contributed by atoms with Crippen LogP contribution in [0, 0.1) is 0 Å². The highest BCUT2D eigenvalue weighted by molar-refractivity contribution is 6.16. The van der Waals surface area contributed by atoms with Gasteiger partial charge < -0.3 is 20.5 Å². The summed E-state index contributed by atoms with van der Waals surface area (Å²) in [7, 11) is 0. The summed E-state index contributed by atoms with van der Waals surface area (Å²) in [5.41, 5.74) is 9.10. The number of nitrogens with one attached hydrogen (secondary N) is 1. The zero-order valence-electron chi connectivity index (χ0n) is 16.1. The number of ether oxygens (including phenoxy) is 2.